The second-order valence-corrected chi connectivity index (χ2v) is 3.73. The fraction of sp³-hybridized carbons (Fsp3) is 0.231. The molecule has 0 saturated heterocycles. The molecular formula is C13H13NO4. The van der Waals surface area contributed by atoms with E-state index < -0.39 is 5.97 Å². The molecule has 5 heteroatoms. The van der Waals surface area contributed by atoms with Gasteiger partial charge in [0, 0.05) is 18.5 Å². The van der Waals surface area contributed by atoms with Crippen molar-refractivity contribution in [1.29, 1.82) is 0 Å². The summed E-state index contributed by atoms with van der Waals surface area (Å²) >= 11 is 0. The van der Waals surface area contributed by atoms with Crippen molar-refractivity contribution in [3.8, 4) is 5.95 Å². The molecule has 0 aromatic carbocycles. The molecule has 0 unspecified atom stereocenters. The maximum Gasteiger partial charge on any atom is 0.371 e. The number of nitrogens with zero attached hydrogens (tertiary/aromatic N) is 1. The zero-order chi connectivity index (χ0) is 12.8. The largest absolute Gasteiger partial charge is 0.475 e. The van der Waals surface area contributed by atoms with Crippen LogP contribution >= 0.6 is 0 Å². The van der Waals surface area contributed by atoms with Gasteiger partial charge in [0.2, 0.25) is 5.76 Å². The highest BCUT2D eigenvalue weighted by atomic mass is 16.6. The lowest BCUT2D eigenvalue weighted by molar-refractivity contribution is 0.0653. The van der Waals surface area contributed by atoms with Gasteiger partial charge in [-0.05, 0) is 36.6 Å². The monoisotopic (exact) mass is 247 g/mol. The second-order valence-electron chi connectivity index (χ2n) is 3.73. The summed E-state index contributed by atoms with van der Waals surface area (Å²) in [6.45, 7) is 0.481. The molecule has 2 aromatic rings. The Morgan fingerprint density at radius 2 is 2.06 bits per heavy atom. The molecule has 0 spiro atoms. The molecule has 2 heterocycles. The van der Waals surface area contributed by atoms with E-state index >= 15 is 0 Å². The third kappa shape index (κ3) is 3.35. The number of carboxylic acid groups (broad SMARTS) is 1. The standard InChI is InChI=1S/C13H13NO4/c15-13(16)11-3-4-12(18-11)17-9-1-2-10-5-7-14-8-6-10/h3-8H,1-2,9H2,(H,15,16). The summed E-state index contributed by atoms with van der Waals surface area (Å²) in [7, 11) is 0. The number of hydrogen-bond acceptors (Lipinski definition) is 4. The lowest BCUT2D eigenvalue weighted by atomic mass is 10.1. The molecule has 2 aromatic heterocycles. The Morgan fingerprint density at radius 3 is 2.72 bits per heavy atom. The van der Waals surface area contributed by atoms with E-state index in [-0.39, 0.29) is 11.7 Å². The lowest BCUT2D eigenvalue weighted by Crippen LogP contribution is -1.99. The summed E-state index contributed by atoms with van der Waals surface area (Å²) in [5.74, 6) is -0.970. The highest BCUT2D eigenvalue weighted by Gasteiger charge is 2.09. The van der Waals surface area contributed by atoms with E-state index in [1.807, 2.05) is 12.1 Å². The van der Waals surface area contributed by atoms with Crippen LogP contribution in [0.15, 0.2) is 41.1 Å². The molecule has 0 aliphatic rings. The van der Waals surface area contributed by atoms with E-state index in [4.69, 9.17) is 14.3 Å². The number of carboxylic acids is 1. The van der Waals surface area contributed by atoms with Gasteiger partial charge in [-0.1, -0.05) is 0 Å². The van der Waals surface area contributed by atoms with Crippen molar-refractivity contribution in [3.63, 3.8) is 0 Å². The van der Waals surface area contributed by atoms with Crippen LogP contribution in [-0.2, 0) is 6.42 Å². The van der Waals surface area contributed by atoms with Gasteiger partial charge in [-0.25, -0.2) is 4.79 Å². The van der Waals surface area contributed by atoms with Gasteiger partial charge < -0.3 is 14.3 Å². The van der Waals surface area contributed by atoms with Crippen molar-refractivity contribution < 1.29 is 19.1 Å². The maximum atomic E-state index is 10.6. The van der Waals surface area contributed by atoms with Gasteiger partial charge in [-0.3, -0.25) is 4.98 Å². The first-order valence-electron chi connectivity index (χ1n) is 5.60. The molecule has 5 nitrogen and oxygen atoms in total. The van der Waals surface area contributed by atoms with Crippen molar-refractivity contribution in [3.05, 3.63) is 48.0 Å². The zero-order valence-electron chi connectivity index (χ0n) is 9.70. The topological polar surface area (TPSA) is 72.6 Å². The number of carbonyl (C=O) groups is 1. The summed E-state index contributed by atoms with van der Waals surface area (Å²) in [5, 5.41) is 8.66. The summed E-state index contributed by atoms with van der Waals surface area (Å²) < 4.78 is 10.3. The fourth-order valence-electron chi connectivity index (χ4n) is 1.51. The van der Waals surface area contributed by atoms with Crippen molar-refractivity contribution in [2.24, 2.45) is 0 Å². The van der Waals surface area contributed by atoms with E-state index in [2.05, 4.69) is 4.98 Å². The van der Waals surface area contributed by atoms with Gasteiger partial charge in [0.1, 0.15) is 0 Å². The van der Waals surface area contributed by atoms with Gasteiger partial charge >= 0.3 is 5.97 Å². The summed E-state index contributed by atoms with van der Waals surface area (Å²) in [6, 6.07) is 6.79. The molecule has 0 amide bonds. The highest BCUT2D eigenvalue weighted by Crippen LogP contribution is 2.16. The Balaban J connectivity index is 1.73. The van der Waals surface area contributed by atoms with Crippen LogP contribution in [0.4, 0.5) is 0 Å². The normalized spacial score (nSPS) is 10.2. The number of furan rings is 1. The van der Waals surface area contributed by atoms with E-state index in [0.29, 0.717) is 6.61 Å². The highest BCUT2D eigenvalue weighted by molar-refractivity contribution is 5.84. The number of aromatic carboxylic acids is 1. The SMILES string of the molecule is O=C(O)c1ccc(OCCCc2ccncc2)o1. The van der Waals surface area contributed by atoms with E-state index in [9.17, 15) is 4.79 Å². The van der Waals surface area contributed by atoms with Crippen LogP contribution in [0.25, 0.3) is 0 Å². The van der Waals surface area contributed by atoms with Crippen molar-refractivity contribution in [2.75, 3.05) is 6.61 Å². The first kappa shape index (κ1) is 12.2. The molecule has 94 valence electrons. The third-order valence-electron chi connectivity index (χ3n) is 2.40. The summed E-state index contributed by atoms with van der Waals surface area (Å²) in [5.41, 5.74) is 1.19. The molecule has 0 atom stereocenters. The Labute approximate surface area is 104 Å². The van der Waals surface area contributed by atoms with Gasteiger partial charge in [-0.2, -0.15) is 0 Å². The molecule has 2 rings (SSSR count). The fourth-order valence-corrected chi connectivity index (χ4v) is 1.51. The van der Waals surface area contributed by atoms with Crippen LogP contribution in [0, 0.1) is 0 Å². The summed E-state index contributed by atoms with van der Waals surface area (Å²) in [6.07, 6.45) is 5.21. The molecule has 0 radical (unpaired) electrons. The Bertz CT molecular complexity index is 507. The van der Waals surface area contributed by atoms with Crippen molar-refractivity contribution >= 4 is 5.97 Å². The molecule has 0 aliphatic carbocycles. The predicted molar refractivity (Wildman–Crippen MR) is 63.7 cm³/mol. The van der Waals surface area contributed by atoms with Crippen LogP contribution in [0.2, 0.25) is 0 Å². The average Bonchev–Trinajstić information content (AvgIpc) is 2.85. The Morgan fingerprint density at radius 1 is 1.28 bits per heavy atom. The number of aromatic nitrogens is 1. The average molecular weight is 247 g/mol. The Hall–Kier alpha value is -2.30. The molecule has 0 aliphatic heterocycles. The molecule has 1 N–H and O–H groups in total. The van der Waals surface area contributed by atoms with Crippen LogP contribution in [0.3, 0.4) is 0 Å². The molecule has 0 fully saturated rings. The van der Waals surface area contributed by atoms with E-state index in [1.54, 1.807) is 12.4 Å². The molecular weight excluding hydrogens is 234 g/mol. The van der Waals surface area contributed by atoms with E-state index in [0.717, 1.165) is 12.8 Å². The van der Waals surface area contributed by atoms with Crippen LogP contribution in [-0.4, -0.2) is 22.7 Å². The smallest absolute Gasteiger partial charge is 0.371 e. The van der Waals surface area contributed by atoms with Crippen LogP contribution in [0.1, 0.15) is 22.5 Å². The Kier molecular flexibility index (Phi) is 3.96. The van der Waals surface area contributed by atoms with Gasteiger partial charge in [0.05, 0.1) is 6.61 Å². The first-order chi connectivity index (χ1) is 8.75. The van der Waals surface area contributed by atoms with Crippen LogP contribution < -0.4 is 4.74 Å². The molecule has 18 heavy (non-hydrogen) atoms. The third-order valence-corrected chi connectivity index (χ3v) is 2.40. The number of pyridine rings is 1. The van der Waals surface area contributed by atoms with Crippen molar-refractivity contribution in [1.82, 2.24) is 4.98 Å². The van der Waals surface area contributed by atoms with Gasteiger partial charge in [-0.15, -0.1) is 0 Å². The quantitative estimate of drug-likeness (QED) is 0.793. The zero-order valence-corrected chi connectivity index (χ0v) is 9.70. The minimum Gasteiger partial charge on any atom is -0.475 e. The molecule has 0 bridgehead atoms. The second kappa shape index (κ2) is 5.86. The van der Waals surface area contributed by atoms with E-state index in [1.165, 1.54) is 17.7 Å². The lowest BCUT2D eigenvalue weighted by Gasteiger charge is -2.02. The summed E-state index contributed by atoms with van der Waals surface area (Å²) in [4.78, 5) is 14.5. The first-order valence-corrected chi connectivity index (χ1v) is 5.60. The van der Waals surface area contributed by atoms with Gasteiger partial charge in [0.25, 0.3) is 5.95 Å². The number of ether oxygens (including phenoxy) is 1. The number of hydrogen-bond donors (Lipinski definition) is 1. The minimum atomic E-state index is -1.10. The van der Waals surface area contributed by atoms with Crippen molar-refractivity contribution in [2.45, 2.75) is 12.8 Å². The number of rotatable bonds is 6. The minimum absolute atomic E-state index is 0.112. The maximum absolute atomic E-state index is 10.6. The molecule has 0 saturated carbocycles. The number of aryl methyl sites for hydroxylation is 1. The van der Waals surface area contributed by atoms with Gasteiger partial charge in [0.15, 0.2) is 0 Å². The van der Waals surface area contributed by atoms with Crippen LogP contribution in [0.5, 0.6) is 5.95 Å². The predicted octanol–water partition coefficient (Wildman–Crippen LogP) is 2.38.